The first kappa shape index (κ1) is 14.4. The molecule has 0 aliphatic heterocycles. The summed E-state index contributed by atoms with van der Waals surface area (Å²) in [5.41, 5.74) is 0. The van der Waals surface area contributed by atoms with Crippen molar-refractivity contribution in [2.24, 2.45) is 0 Å². The highest BCUT2D eigenvalue weighted by Crippen LogP contribution is 2.48. The van der Waals surface area contributed by atoms with E-state index >= 15 is 0 Å². The summed E-state index contributed by atoms with van der Waals surface area (Å²) in [6.07, 6.45) is 0. The van der Waals surface area contributed by atoms with Gasteiger partial charge in [-0.15, -0.1) is 0 Å². The van der Waals surface area contributed by atoms with Gasteiger partial charge >= 0.3 is 0 Å². The minimum absolute atomic E-state index is 0.236. The molecule has 0 fully saturated rings. The Kier molecular flexibility index (Phi) is 3.96. The Bertz CT molecular complexity index is 601. The van der Waals surface area contributed by atoms with Crippen molar-refractivity contribution >= 4 is 21.6 Å². The zero-order valence-electron chi connectivity index (χ0n) is 9.81. The molecule has 2 aromatic rings. The largest absolute Gasteiger partial charge is 0.507 e. The monoisotopic (exact) mass is 314 g/mol. The van der Waals surface area contributed by atoms with E-state index in [1.54, 1.807) is 0 Å². The van der Waals surface area contributed by atoms with Gasteiger partial charge in [0.2, 0.25) is 0 Å². The molecule has 0 radical (unpaired) electrons. The number of rotatable bonds is 3. The molecule has 0 heterocycles. The third-order valence-electron chi connectivity index (χ3n) is 2.33. The predicted molar refractivity (Wildman–Crippen MR) is 74.6 cm³/mol. The second-order valence-electron chi connectivity index (χ2n) is 3.78. The van der Waals surface area contributed by atoms with Crippen LogP contribution in [0.4, 0.5) is 0 Å². The normalized spacial score (nSPS) is 10.6. The fourth-order valence-corrected chi connectivity index (χ4v) is 3.44. The van der Waals surface area contributed by atoms with Gasteiger partial charge in [0.15, 0.2) is 23.0 Å². The Morgan fingerprint density at radius 3 is 1.10 bits per heavy atom. The topological polar surface area (TPSA) is 121 Å². The summed E-state index contributed by atoms with van der Waals surface area (Å²) in [5, 5.41) is 56.3. The van der Waals surface area contributed by atoms with E-state index in [0.29, 0.717) is 0 Å². The van der Waals surface area contributed by atoms with Crippen LogP contribution in [0.25, 0.3) is 0 Å². The maximum atomic E-state index is 9.60. The molecule has 6 nitrogen and oxygen atoms in total. The van der Waals surface area contributed by atoms with E-state index in [1.807, 2.05) is 0 Å². The van der Waals surface area contributed by atoms with Crippen LogP contribution in [0.2, 0.25) is 0 Å². The van der Waals surface area contributed by atoms with E-state index < -0.39 is 11.5 Å². The fourth-order valence-electron chi connectivity index (χ4n) is 1.32. The van der Waals surface area contributed by atoms with Gasteiger partial charge in [0, 0.05) is 24.3 Å². The zero-order chi connectivity index (χ0) is 14.9. The lowest BCUT2D eigenvalue weighted by Crippen LogP contribution is -1.76. The van der Waals surface area contributed by atoms with Gasteiger partial charge in [-0.3, -0.25) is 0 Å². The third kappa shape index (κ3) is 2.91. The van der Waals surface area contributed by atoms with Gasteiger partial charge in [0.1, 0.15) is 11.5 Å². The fraction of sp³-hybridized carbons (Fsp3) is 0. The molecule has 2 aromatic carbocycles. The van der Waals surface area contributed by atoms with Crippen LogP contribution in [-0.2, 0) is 0 Å². The molecule has 0 aliphatic carbocycles. The number of phenols is 6. The van der Waals surface area contributed by atoms with Crippen LogP contribution in [0, 0.1) is 0 Å². The number of benzene rings is 2. The molecule has 106 valence electrons. The van der Waals surface area contributed by atoms with Crippen LogP contribution in [0.5, 0.6) is 34.5 Å². The van der Waals surface area contributed by atoms with Crippen molar-refractivity contribution in [2.75, 3.05) is 0 Å². The second-order valence-corrected chi connectivity index (χ2v) is 6.00. The van der Waals surface area contributed by atoms with E-state index in [0.717, 1.165) is 33.7 Å². The molecule has 0 aliphatic rings. The Labute approximate surface area is 121 Å². The molecule has 0 saturated heterocycles. The van der Waals surface area contributed by atoms with Crippen LogP contribution >= 0.6 is 21.6 Å². The molecule has 20 heavy (non-hydrogen) atoms. The van der Waals surface area contributed by atoms with Gasteiger partial charge in [-0.1, -0.05) is 0 Å². The quantitative estimate of drug-likeness (QED) is 0.290. The number of hydrogen-bond acceptors (Lipinski definition) is 8. The maximum absolute atomic E-state index is 9.60. The first-order chi connectivity index (χ1) is 9.38. The summed E-state index contributed by atoms with van der Waals surface area (Å²) in [6.45, 7) is 0. The Morgan fingerprint density at radius 1 is 0.450 bits per heavy atom. The van der Waals surface area contributed by atoms with Crippen molar-refractivity contribution in [3.8, 4) is 34.5 Å². The molecule has 0 spiro atoms. The van der Waals surface area contributed by atoms with E-state index in [4.69, 9.17) is 0 Å². The van der Waals surface area contributed by atoms with E-state index in [2.05, 4.69) is 0 Å². The van der Waals surface area contributed by atoms with Crippen LogP contribution in [-0.4, -0.2) is 30.6 Å². The van der Waals surface area contributed by atoms with Crippen LogP contribution in [0.1, 0.15) is 0 Å². The molecule has 6 N–H and O–H groups in total. The molecular formula is C12H10O6S2. The van der Waals surface area contributed by atoms with E-state index in [9.17, 15) is 30.6 Å². The second kappa shape index (κ2) is 5.51. The Balaban J connectivity index is 2.21. The van der Waals surface area contributed by atoms with Crippen molar-refractivity contribution in [2.45, 2.75) is 9.79 Å². The Hall–Kier alpha value is -2.06. The number of aromatic hydroxyl groups is 6. The smallest absolute Gasteiger partial charge is 0.161 e. The SMILES string of the molecule is Oc1cc(O)c(SSc2cc(O)c(O)cc2O)cc1O. The minimum atomic E-state index is -0.443. The average Bonchev–Trinajstić information content (AvgIpc) is 2.37. The molecule has 0 bridgehead atoms. The van der Waals surface area contributed by atoms with Crippen molar-refractivity contribution in [1.82, 2.24) is 0 Å². The summed E-state index contributed by atoms with van der Waals surface area (Å²) in [7, 11) is 1.99. The summed E-state index contributed by atoms with van der Waals surface area (Å²) < 4.78 is 0. The van der Waals surface area contributed by atoms with Crippen molar-refractivity contribution in [3.05, 3.63) is 24.3 Å². The summed E-state index contributed by atoms with van der Waals surface area (Å²) >= 11 is 0. The molecule has 0 aromatic heterocycles. The van der Waals surface area contributed by atoms with E-state index in [1.165, 1.54) is 12.1 Å². The lowest BCUT2D eigenvalue weighted by Gasteiger charge is -2.08. The average molecular weight is 314 g/mol. The third-order valence-corrected chi connectivity index (χ3v) is 4.76. The maximum Gasteiger partial charge on any atom is 0.161 e. The lowest BCUT2D eigenvalue weighted by atomic mass is 10.3. The van der Waals surface area contributed by atoms with Crippen LogP contribution in [0.3, 0.4) is 0 Å². The van der Waals surface area contributed by atoms with E-state index in [-0.39, 0.29) is 32.8 Å². The zero-order valence-corrected chi connectivity index (χ0v) is 11.4. The highest BCUT2D eigenvalue weighted by atomic mass is 33.1. The molecule has 0 amide bonds. The van der Waals surface area contributed by atoms with Gasteiger partial charge in [-0.05, 0) is 21.6 Å². The summed E-state index contributed by atoms with van der Waals surface area (Å²) in [5.74, 6) is -2.13. The number of hydrogen-bond donors (Lipinski definition) is 6. The van der Waals surface area contributed by atoms with Crippen LogP contribution < -0.4 is 0 Å². The van der Waals surface area contributed by atoms with Gasteiger partial charge in [-0.25, -0.2) is 0 Å². The Morgan fingerprint density at radius 2 is 0.750 bits per heavy atom. The van der Waals surface area contributed by atoms with Gasteiger partial charge < -0.3 is 30.6 Å². The highest BCUT2D eigenvalue weighted by Gasteiger charge is 2.12. The predicted octanol–water partition coefficient (Wildman–Crippen LogP) is 2.72. The molecule has 2 rings (SSSR count). The molecule has 0 saturated carbocycles. The lowest BCUT2D eigenvalue weighted by molar-refractivity contribution is 0.392. The van der Waals surface area contributed by atoms with Crippen LogP contribution in [0.15, 0.2) is 34.1 Å². The minimum Gasteiger partial charge on any atom is -0.507 e. The molecule has 0 atom stereocenters. The van der Waals surface area contributed by atoms with Crippen molar-refractivity contribution in [1.29, 1.82) is 0 Å². The summed E-state index contributed by atoms with van der Waals surface area (Å²) in [6, 6.07) is 4.32. The van der Waals surface area contributed by atoms with Crippen molar-refractivity contribution < 1.29 is 30.6 Å². The van der Waals surface area contributed by atoms with Gasteiger partial charge in [0.25, 0.3) is 0 Å². The highest BCUT2D eigenvalue weighted by molar-refractivity contribution is 8.76. The molecule has 0 unspecified atom stereocenters. The standard InChI is InChI=1S/C12H10O6S2/c13-5-1-9(17)11(3-7(5)15)19-20-12-4-8(16)6(14)2-10(12)18/h1-4,13-18H. The van der Waals surface area contributed by atoms with Crippen molar-refractivity contribution in [3.63, 3.8) is 0 Å². The first-order valence-corrected chi connectivity index (χ1v) is 7.38. The number of phenolic OH excluding ortho intramolecular Hbond substituents is 6. The first-order valence-electron chi connectivity index (χ1n) is 5.23. The molecule has 8 heteroatoms. The molecular weight excluding hydrogens is 304 g/mol. The summed E-state index contributed by atoms with van der Waals surface area (Å²) in [4.78, 5) is 0.523. The van der Waals surface area contributed by atoms with Gasteiger partial charge in [0.05, 0.1) is 9.79 Å². The van der Waals surface area contributed by atoms with Gasteiger partial charge in [-0.2, -0.15) is 0 Å².